The molecular weight excluding hydrogens is 620 g/mol. The number of hydrogen-bond donors (Lipinski definition) is 3. The van der Waals surface area contributed by atoms with Gasteiger partial charge >= 0.3 is 5.97 Å². The Kier molecular flexibility index (Phi) is 22.6. The number of amides is 2. The first kappa shape index (κ1) is 41.2. The molecule has 2 aromatic carbocycles. The quantitative estimate of drug-likeness (QED) is 0.0386. The summed E-state index contributed by atoms with van der Waals surface area (Å²) in [6, 6.07) is 13.3. The molecule has 48 heavy (non-hydrogen) atoms. The van der Waals surface area contributed by atoms with Crippen LogP contribution in [0.2, 0.25) is 0 Å². The van der Waals surface area contributed by atoms with E-state index in [1.807, 2.05) is 12.1 Å². The fraction of sp³-hybridized carbons (Fsp3) is 0.515. The molecule has 0 bridgehead atoms. The molecule has 4 N–H and O–H groups in total. The highest BCUT2D eigenvalue weighted by Crippen LogP contribution is 2.15. The monoisotopic (exact) mass is 666 g/mol. The third kappa shape index (κ3) is 17.8. The van der Waals surface area contributed by atoms with E-state index in [-0.39, 0.29) is 37.3 Å². The van der Waals surface area contributed by atoms with E-state index in [0.29, 0.717) is 30.2 Å². The van der Waals surface area contributed by atoms with E-state index in [2.05, 4.69) is 20.1 Å². The number of rotatable bonds is 19. The molecule has 0 aromatic heterocycles. The van der Waals surface area contributed by atoms with E-state index in [0.717, 1.165) is 75.5 Å². The molecule has 15 heteroatoms. The molecule has 1 fully saturated rings. The number of nitrogens with two attached hydrogens (primary N) is 1. The number of ketones is 1. The van der Waals surface area contributed by atoms with Crippen LogP contribution in [0.5, 0.6) is 0 Å². The summed E-state index contributed by atoms with van der Waals surface area (Å²) < 4.78 is 0. The van der Waals surface area contributed by atoms with Gasteiger partial charge in [0.25, 0.3) is 11.8 Å². The highest BCUT2D eigenvalue weighted by molar-refractivity contribution is 6.02. The molecule has 0 unspecified atom stereocenters. The molecule has 0 aliphatic carbocycles. The van der Waals surface area contributed by atoms with Crippen LogP contribution in [0.1, 0.15) is 109 Å². The third-order valence-electron chi connectivity index (χ3n) is 6.95. The summed E-state index contributed by atoms with van der Waals surface area (Å²) in [5.74, 6) is -1.68. The number of aliphatic hydroxyl groups excluding tert-OH is 2. The molecule has 0 spiro atoms. The van der Waals surface area contributed by atoms with Crippen LogP contribution in [0.3, 0.4) is 0 Å². The normalized spacial score (nSPS) is 11.7. The Morgan fingerprint density at radius 1 is 0.708 bits per heavy atom. The minimum Gasteiger partial charge on any atom is -0.396 e. The van der Waals surface area contributed by atoms with Crippen LogP contribution in [-0.4, -0.2) is 58.6 Å². The molecule has 15 nitrogen and oxygen atoms in total. The molecular formula is C33H46N8O7. The second-order valence-corrected chi connectivity index (χ2v) is 10.7. The number of imide groups is 1. The first-order chi connectivity index (χ1) is 23.3. The fourth-order valence-corrected chi connectivity index (χ4v) is 4.24. The highest BCUT2D eigenvalue weighted by Gasteiger charge is 2.33. The summed E-state index contributed by atoms with van der Waals surface area (Å²) in [5, 5.41) is 24.4. The topological polar surface area (TPSA) is 245 Å². The minimum absolute atomic E-state index is 0.0528. The lowest BCUT2D eigenvalue weighted by Crippen LogP contribution is -2.32. The Balaban J connectivity index is 0.000000393. The van der Waals surface area contributed by atoms with E-state index in [1.165, 1.54) is 12.1 Å². The highest BCUT2D eigenvalue weighted by atomic mass is 16.7. The standard InChI is InChI=1S/C15H21N3O2.C12H10N4O4.C6H15NO/c16-18-17-12-13-7-9-14(10-8-13)15(20)6-4-2-1-3-5-11-19;13-15-14-7-8-1-3-9(4-2-8)12(19)20-16-10(17)5-6-11(16)18;7-5-3-1-2-4-6-8/h7-10,19H,1-6,11-12H2;1-4H,5-7H2;8H,1-7H2. The lowest BCUT2D eigenvalue weighted by Gasteiger charge is -2.12. The summed E-state index contributed by atoms with van der Waals surface area (Å²) in [7, 11) is 0. The van der Waals surface area contributed by atoms with Crippen molar-refractivity contribution >= 4 is 23.6 Å². The minimum atomic E-state index is -0.788. The first-order valence-electron chi connectivity index (χ1n) is 16.0. The number of aliphatic hydroxyl groups is 2. The van der Waals surface area contributed by atoms with Gasteiger partial charge in [-0.15, -0.1) is 5.06 Å². The van der Waals surface area contributed by atoms with Gasteiger partial charge in [-0.3, -0.25) is 14.4 Å². The zero-order valence-corrected chi connectivity index (χ0v) is 27.3. The third-order valence-corrected chi connectivity index (χ3v) is 6.95. The van der Waals surface area contributed by atoms with Gasteiger partial charge in [0.2, 0.25) is 0 Å². The Labute approximate surface area is 280 Å². The van der Waals surface area contributed by atoms with E-state index < -0.39 is 17.8 Å². The largest absolute Gasteiger partial charge is 0.396 e. The van der Waals surface area contributed by atoms with Gasteiger partial charge in [0, 0.05) is 47.9 Å². The Hall–Kier alpha value is -4.78. The number of hydroxylamine groups is 2. The van der Waals surface area contributed by atoms with E-state index in [1.54, 1.807) is 24.3 Å². The molecule has 3 rings (SSSR count). The lowest BCUT2D eigenvalue weighted by molar-refractivity contribution is -0.172. The van der Waals surface area contributed by atoms with Gasteiger partial charge in [-0.05, 0) is 66.5 Å². The molecule has 2 amide bonds. The van der Waals surface area contributed by atoms with Gasteiger partial charge in [-0.2, -0.15) is 0 Å². The van der Waals surface area contributed by atoms with Gasteiger partial charge in [0.05, 0.1) is 18.7 Å². The molecule has 0 atom stereocenters. The van der Waals surface area contributed by atoms with Crippen molar-refractivity contribution in [3.63, 3.8) is 0 Å². The van der Waals surface area contributed by atoms with Crippen molar-refractivity contribution in [2.45, 2.75) is 90.1 Å². The average Bonchev–Trinajstić information content (AvgIpc) is 3.43. The van der Waals surface area contributed by atoms with Gasteiger partial charge in [-0.25, -0.2) is 4.79 Å². The Bertz CT molecular complexity index is 1340. The summed E-state index contributed by atoms with van der Waals surface area (Å²) in [5.41, 5.74) is 24.2. The number of azide groups is 2. The molecule has 0 saturated carbocycles. The predicted octanol–water partition coefficient (Wildman–Crippen LogP) is 6.23. The lowest BCUT2D eigenvalue weighted by atomic mass is 10.0. The number of nitrogens with zero attached hydrogens (tertiary/aromatic N) is 7. The smallest absolute Gasteiger partial charge is 0.363 e. The van der Waals surface area contributed by atoms with Crippen molar-refractivity contribution < 1.29 is 34.2 Å². The first-order valence-corrected chi connectivity index (χ1v) is 16.0. The maximum atomic E-state index is 11.9. The van der Waals surface area contributed by atoms with Gasteiger partial charge < -0.3 is 20.8 Å². The zero-order valence-electron chi connectivity index (χ0n) is 27.3. The number of hydrogen-bond acceptors (Lipinski definition) is 10. The van der Waals surface area contributed by atoms with Crippen molar-refractivity contribution in [1.82, 2.24) is 5.06 Å². The summed E-state index contributed by atoms with van der Waals surface area (Å²) >= 11 is 0. The van der Waals surface area contributed by atoms with Crippen molar-refractivity contribution in [2.24, 2.45) is 16.0 Å². The summed E-state index contributed by atoms with van der Waals surface area (Å²) in [6.45, 7) is 1.85. The average molecular weight is 667 g/mol. The van der Waals surface area contributed by atoms with Gasteiger partial charge in [0.15, 0.2) is 5.78 Å². The van der Waals surface area contributed by atoms with Gasteiger partial charge in [-0.1, -0.05) is 78.7 Å². The van der Waals surface area contributed by atoms with Crippen molar-refractivity contribution in [3.05, 3.63) is 91.7 Å². The van der Waals surface area contributed by atoms with E-state index in [9.17, 15) is 19.2 Å². The molecule has 260 valence electrons. The Morgan fingerprint density at radius 2 is 1.15 bits per heavy atom. The SMILES string of the molecule is NCCCCCCO.[N-]=[N+]=NCc1ccc(C(=O)CCCCCCCO)cc1.[N-]=[N+]=NCc1ccc(C(=O)ON2C(=O)CCC2=O)cc1. The van der Waals surface area contributed by atoms with Crippen LogP contribution in [0.25, 0.3) is 20.9 Å². The summed E-state index contributed by atoms with van der Waals surface area (Å²) in [4.78, 5) is 56.4. The zero-order chi connectivity index (χ0) is 35.4. The second-order valence-electron chi connectivity index (χ2n) is 10.7. The molecule has 0 radical (unpaired) electrons. The maximum Gasteiger partial charge on any atom is 0.363 e. The van der Waals surface area contributed by atoms with Crippen LogP contribution in [-0.2, 0) is 27.5 Å². The number of carbonyl (C=O) groups is 4. The van der Waals surface area contributed by atoms with Crippen LogP contribution in [0, 0.1) is 0 Å². The van der Waals surface area contributed by atoms with Crippen LogP contribution in [0.15, 0.2) is 58.8 Å². The molecule has 1 aliphatic heterocycles. The summed E-state index contributed by atoms with van der Waals surface area (Å²) in [6.07, 6.45) is 9.85. The second kappa shape index (κ2) is 26.3. The fourth-order valence-electron chi connectivity index (χ4n) is 4.24. The predicted molar refractivity (Wildman–Crippen MR) is 179 cm³/mol. The van der Waals surface area contributed by atoms with Crippen molar-refractivity contribution in [3.8, 4) is 0 Å². The molecule has 1 aliphatic rings. The van der Waals surface area contributed by atoms with Crippen LogP contribution < -0.4 is 5.73 Å². The number of carbonyl (C=O) groups excluding carboxylic acids is 4. The maximum absolute atomic E-state index is 11.9. The van der Waals surface area contributed by atoms with Crippen molar-refractivity contribution in [2.75, 3.05) is 19.8 Å². The van der Waals surface area contributed by atoms with E-state index in [4.69, 9.17) is 31.8 Å². The van der Waals surface area contributed by atoms with Gasteiger partial charge in [0.1, 0.15) is 0 Å². The number of benzene rings is 2. The molecule has 1 heterocycles. The number of Topliss-reactive ketones (excluding diaryl/α,β-unsaturated/α-hetero) is 1. The van der Waals surface area contributed by atoms with Crippen LogP contribution >= 0.6 is 0 Å². The van der Waals surface area contributed by atoms with E-state index >= 15 is 0 Å². The van der Waals surface area contributed by atoms with Crippen LogP contribution in [0.4, 0.5) is 0 Å². The van der Waals surface area contributed by atoms with Crippen molar-refractivity contribution in [1.29, 1.82) is 0 Å². The Morgan fingerprint density at radius 3 is 1.60 bits per heavy atom. The number of unbranched alkanes of at least 4 members (excludes halogenated alkanes) is 7. The molecule has 1 saturated heterocycles. The molecule has 2 aromatic rings.